The van der Waals surface area contributed by atoms with Gasteiger partial charge in [-0.2, -0.15) is 0 Å². The van der Waals surface area contributed by atoms with Gasteiger partial charge in [0.15, 0.2) is 0 Å². The molecule has 0 aromatic carbocycles. The van der Waals surface area contributed by atoms with Crippen LogP contribution in [-0.2, 0) is 4.74 Å². The lowest BCUT2D eigenvalue weighted by molar-refractivity contribution is -0.125. The van der Waals surface area contributed by atoms with Crippen LogP contribution in [0.1, 0.15) is 65.7 Å². The Bertz CT molecular complexity index is 249. The monoisotopic (exact) mass is 253 g/mol. The fourth-order valence-corrected chi connectivity index (χ4v) is 3.83. The van der Waals surface area contributed by atoms with Crippen molar-refractivity contribution in [1.29, 1.82) is 0 Å². The molecule has 2 heteroatoms. The van der Waals surface area contributed by atoms with Gasteiger partial charge in [0.2, 0.25) is 0 Å². The van der Waals surface area contributed by atoms with Gasteiger partial charge in [-0.15, -0.1) is 0 Å². The molecular formula is C16H31NO. The second-order valence-electron chi connectivity index (χ2n) is 6.48. The van der Waals surface area contributed by atoms with E-state index in [1.165, 1.54) is 51.5 Å². The minimum atomic E-state index is 0.367. The third kappa shape index (κ3) is 2.91. The SMILES string of the molecule is CCOC1CC(NCCC2CCCC2)C1(C)CC. The standard InChI is InChI=1S/C16H31NO/c1-4-16(3)14(12-15(16)18-5-2)17-11-10-13-8-6-7-9-13/h13-15,17H,4-12H2,1-3H3. The first kappa shape index (κ1) is 14.3. The molecule has 3 unspecified atom stereocenters. The first-order chi connectivity index (χ1) is 8.70. The molecule has 2 fully saturated rings. The summed E-state index contributed by atoms with van der Waals surface area (Å²) in [5, 5.41) is 3.80. The molecule has 0 aromatic heterocycles. The van der Waals surface area contributed by atoms with Crippen LogP contribution in [0.5, 0.6) is 0 Å². The maximum absolute atomic E-state index is 5.85. The highest BCUT2D eigenvalue weighted by atomic mass is 16.5. The van der Waals surface area contributed by atoms with Crippen molar-refractivity contribution < 1.29 is 4.74 Å². The summed E-state index contributed by atoms with van der Waals surface area (Å²) in [5.41, 5.74) is 0.367. The van der Waals surface area contributed by atoms with Gasteiger partial charge in [-0.25, -0.2) is 0 Å². The van der Waals surface area contributed by atoms with E-state index in [0.717, 1.165) is 12.5 Å². The molecule has 2 aliphatic rings. The molecule has 2 rings (SSSR count). The summed E-state index contributed by atoms with van der Waals surface area (Å²) in [6.07, 6.45) is 10.2. The third-order valence-electron chi connectivity index (χ3n) is 5.53. The van der Waals surface area contributed by atoms with Crippen molar-refractivity contribution in [3.8, 4) is 0 Å². The van der Waals surface area contributed by atoms with E-state index in [1.54, 1.807) is 0 Å². The smallest absolute Gasteiger partial charge is 0.0658 e. The van der Waals surface area contributed by atoms with Gasteiger partial charge in [0, 0.05) is 18.1 Å². The zero-order valence-electron chi connectivity index (χ0n) is 12.5. The predicted molar refractivity (Wildman–Crippen MR) is 76.8 cm³/mol. The predicted octanol–water partition coefficient (Wildman–Crippen LogP) is 3.75. The first-order valence-electron chi connectivity index (χ1n) is 8.05. The lowest BCUT2D eigenvalue weighted by Crippen LogP contribution is -2.62. The number of hydrogen-bond donors (Lipinski definition) is 1. The Morgan fingerprint density at radius 3 is 2.56 bits per heavy atom. The van der Waals surface area contributed by atoms with Crippen molar-refractivity contribution in [3.05, 3.63) is 0 Å². The van der Waals surface area contributed by atoms with Gasteiger partial charge in [-0.1, -0.05) is 39.5 Å². The summed E-state index contributed by atoms with van der Waals surface area (Å²) in [7, 11) is 0. The Morgan fingerprint density at radius 2 is 1.94 bits per heavy atom. The van der Waals surface area contributed by atoms with E-state index in [-0.39, 0.29) is 0 Å². The maximum atomic E-state index is 5.85. The number of ether oxygens (including phenoxy) is 1. The molecule has 106 valence electrons. The first-order valence-corrected chi connectivity index (χ1v) is 8.05. The van der Waals surface area contributed by atoms with Crippen LogP contribution in [0, 0.1) is 11.3 Å². The van der Waals surface area contributed by atoms with Crippen LogP contribution in [-0.4, -0.2) is 25.3 Å². The lowest BCUT2D eigenvalue weighted by Gasteiger charge is -2.54. The Morgan fingerprint density at radius 1 is 1.22 bits per heavy atom. The Kier molecular flexibility index (Phi) is 5.08. The average molecular weight is 253 g/mol. The summed E-state index contributed by atoms with van der Waals surface area (Å²) in [6.45, 7) is 8.87. The van der Waals surface area contributed by atoms with Crippen LogP contribution in [0.25, 0.3) is 0 Å². The third-order valence-corrected chi connectivity index (χ3v) is 5.53. The molecule has 0 amide bonds. The molecule has 0 radical (unpaired) electrons. The normalized spacial score (nSPS) is 36.8. The Labute approximate surface area is 113 Å². The molecule has 0 spiro atoms. The van der Waals surface area contributed by atoms with Crippen molar-refractivity contribution in [2.45, 2.75) is 77.9 Å². The fourth-order valence-electron chi connectivity index (χ4n) is 3.83. The zero-order chi connectivity index (χ0) is 13.0. The molecule has 2 saturated carbocycles. The van der Waals surface area contributed by atoms with Crippen molar-refractivity contribution in [3.63, 3.8) is 0 Å². The van der Waals surface area contributed by atoms with Crippen LogP contribution < -0.4 is 5.32 Å². The quantitative estimate of drug-likeness (QED) is 0.746. The Hall–Kier alpha value is -0.0800. The zero-order valence-corrected chi connectivity index (χ0v) is 12.5. The molecular weight excluding hydrogens is 222 g/mol. The Balaban J connectivity index is 1.69. The van der Waals surface area contributed by atoms with E-state index in [1.807, 2.05) is 0 Å². The van der Waals surface area contributed by atoms with E-state index in [9.17, 15) is 0 Å². The molecule has 0 aliphatic heterocycles. The van der Waals surface area contributed by atoms with Crippen molar-refractivity contribution in [2.75, 3.05) is 13.2 Å². The van der Waals surface area contributed by atoms with Crippen molar-refractivity contribution in [2.24, 2.45) is 11.3 Å². The van der Waals surface area contributed by atoms with Gasteiger partial charge in [-0.05, 0) is 38.6 Å². The largest absolute Gasteiger partial charge is 0.378 e. The van der Waals surface area contributed by atoms with Crippen molar-refractivity contribution >= 4 is 0 Å². The summed E-state index contributed by atoms with van der Waals surface area (Å²) in [5.74, 6) is 1.01. The second kappa shape index (κ2) is 6.38. The van der Waals surface area contributed by atoms with Gasteiger partial charge >= 0.3 is 0 Å². The lowest BCUT2D eigenvalue weighted by atomic mass is 9.61. The van der Waals surface area contributed by atoms with E-state index in [4.69, 9.17) is 4.74 Å². The van der Waals surface area contributed by atoms with Gasteiger partial charge in [0.25, 0.3) is 0 Å². The van der Waals surface area contributed by atoms with Crippen LogP contribution >= 0.6 is 0 Å². The number of nitrogens with one attached hydrogen (secondary N) is 1. The van der Waals surface area contributed by atoms with Gasteiger partial charge in [0.1, 0.15) is 0 Å². The van der Waals surface area contributed by atoms with E-state index in [2.05, 4.69) is 26.1 Å². The minimum absolute atomic E-state index is 0.367. The summed E-state index contributed by atoms with van der Waals surface area (Å²) >= 11 is 0. The highest BCUT2D eigenvalue weighted by Gasteiger charge is 2.50. The van der Waals surface area contributed by atoms with Crippen LogP contribution in [0.2, 0.25) is 0 Å². The molecule has 0 saturated heterocycles. The van der Waals surface area contributed by atoms with E-state index < -0.39 is 0 Å². The molecule has 0 bridgehead atoms. The van der Waals surface area contributed by atoms with Crippen LogP contribution in [0.4, 0.5) is 0 Å². The fraction of sp³-hybridized carbons (Fsp3) is 1.00. The van der Waals surface area contributed by atoms with Gasteiger partial charge in [0.05, 0.1) is 6.10 Å². The minimum Gasteiger partial charge on any atom is -0.378 e. The molecule has 1 N–H and O–H groups in total. The highest BCUT2D eigenvalue weighted by Crippen LogP contribution is 2.45. The number of rotatable bonds is 7. The molecule has 2 aliphatic carbocycles. The number of hydrogen-bond acceptors (Lipinski definition) is 2. The van der Waals surface area contributed by atoms with Crippen molar-refractivity contribution in [1.82, 2.24) is 5.32 Å². The van der Waals surface area contributed by atoms with Crippen LogP contribution in [0.3, 0.4) is 0 Å². The van der Waals surface area contributed by atoms with Gasteiger partial charge in [-0.3, -0.25) is 0 Å². The molecule has 0 aromatic rings. The molecule has 18 heavy (non-hydrogen) atoms. The topological polar surface area (TPSA) is 21.3 Å². The average Bonchev–Trinajstić information content (AvgIpc) is 2.89. The molecule has 2 nitrogen and oxygen atoms in total. The van der Waals surface area contributed by atoms with E-state index in [0.29, 0.717) is 17.6 Å². The van der Waals surface area contributed by atoms with Gasteiger partial charge < -0.3 is 10.1 Å². The highest BCUT2D eigenvalue weighted by molar-refractivity contribution is 5.04. The molecule has 0 heterocycles. The summed E-state index contributed by atoms with van der Waals surface area (Å²) < 4.78 is 5.85. The summed E-state index contributed by atoms with van der Waals surface area (Å²) in [6, 6.07) is 0.681. The molecule has 3 atom stereocenters. The maximum Gasteiger partial charge on any atom is 0.0658 e. The second-order valence-corrected chi connectivity index (χ2v) is 6.48. The van der Waals surface area contributed by atoms with E-state index >= 15 is 0 Å². The van der Waals surface area contributed by atoms with Crippen LogP contribution in [0.15, 0.2) is 0 Å². The summed E-state index contributed by atoms with van der Waals surface area (Å²) in [4.78, 5) is 0.